The number of rotatable bonds is 6. The first-order chi connectivity index (χ1) is 8.83. The van der Waals surface area contributed by atoms with Gasteiger partial charge in [0.2, 0.25) is 0 Å². The van der Waals surface area contributed by atoms with Crippen molar-refractivity contribution in [3.8, 4) is 0 Å². The molecular formula is C14H19N3O. The minimum Gasteiger partial charge on any atom is -0.380 e. The molecule has 0 aliphatic heterocycles. The molecule has 1 N–H and O–H groups in total. The third-order valence-corrected chi connectivity index (χ3v) is 2.82. The van der Waals surface area contributed by atoms with E-state index in [0.29, 0.717) is 6.61 Å². The Balaban J connectivity index is 1.99. The van der Waals surface area contributed by atoms with Crippen molar-refractivity contribution in [3.63, 3.8) is 0 Å². The number of benzene rings is 1. The number of nitrogens with one attached hydrogen (secondary N) is 1. The quantitative estimate of drug-likeness (QED) is 0.850. The fourth-order valence-electron chi connectivity index (χ4n) is 1.93. The van der Waals surface area contributed by atoms with Crippen LogP contribution in [0.1, 0.15) is 18.2 Å². The summed E-state index contributed by atoms with van der Waals surface area (Å²) in [6.45, 7) is 4.41. The molecule has 0 atom stereocenters. The Kier molecular flexibility index (Phi) is 4.36. The number of hydrogen-bond acceptors (Lipinski definition) is 3. The maximum atomic E-state index is 5.13. The lowest BCUT2D eigenvalue weighted by molar-refractivity contribution is 0.185. The maximum absolute atomic E-state index is 5.13. The van der Waals surface area contributed by atoms with E-state index in [-0.39, 0.29) is 0 Å². The second-order valence-corrected chi connectivity index (χ2v) is 4.13. The molecule has 0 saturated carbocycles. The lowest BCUT2D eigenvalue weighted by Crippen LogP contribution is -2.07. The highest BCUT2D eigenvalue weighted by atomic mass is 16.5. The molecule has 0 spiro atoms. The van der Waals surface area contributed by atoms with Crippen LogP contribution in [0.15, 0.2) is 36.5 Å². The molecule has 18 heavy (non-hydrogen) atoms. The van der Waals surface area contributed by atoms with E-state index < -0.39 is 0 Å². The highest BCUT2D eigenvalue weighted by molar-refractivity contribution is 5.45. The number of nitrogens with zero attached hydrogens (tertiary/aromatic N) is 2. The first kappa shape index (κ1) is 12.6. The summed E-state index contributed by atoms with van der Waals surface area (Å²) in [5.41, 5.74) is 3.47. The van der Waals surface area contributed by atoms with Crippen molar-refractivity contribution in [2.75, 3.05) is 12.4 Å². The fraction of sp³-hybridized carbons (Fsp3) is 0.357. The Morgan fingerprint density at radius 2 is 2.22 bits per heavy atom. The van der Waals surface area contributed by atoms with Gasteiger partial charge in [0, 0.05) is 25.5 Å². The predicted octanol–water partition coefficient (Wildman–Crippen LogP) is 2.66. The van der Waals surface area contributed by atoms with Crippen molar-refractivity contribution in [1.82, 2.24) is 9.78 Å². The van der Waals surface area contributed by atoms with Crippen LogP contribution in [0.5, 0.6) is 0 Å². The van der Waals surface area contributed by atoms with E-state index >= 15 is 0 Å². The Morgan fingerprint density at radius 3 is 3.00 bits per heavy atom. The largest absolute Gasteiger partial charge is 0.380 e. The molecule has 2 aromatic rings. The summed E-state index contributed by atoms with van der Waals surface area (Å²) in [5, 5.41) is 7.65. The van der Waals surface area contributed by atoms with Crippen molar-refractivity contribution >= 4 is 5.69 Å². The standard InChI is InChI=1S/C14H19N3O/c1-3-17-14(7-8-16-17)10-15-13-6-4-5-12(9-13)11-18-2/h4-9,15H,3,10-11H2,1-2H3. The monoisotopic (exact) mass is 245 g/mol. The van der Waals surface area contributed by atoms with Gasteiger partial charge in [-0.2, -0.15) is 5.10 Å². The molecule has 0 bridgehead atoms. The number of aromatic nitrogens is 2. The van der Waals surface area contributed by atoms with Gasteiger partial charge in [-0.25, -0.2) is 0 Å². The van der Waals surface area contributed by atoms with Gasteiger partial charge in [-0.3, -0.25) is 4.68 Å². The summed E-state index contributed by atoms with van der Waals surface area (Å²) < 4.78 is 7.12. The van der Waals surface area contributed by atoms with Gasteiger partial charge in [-0.05, 0) is 30.7 Å². The lowest BCUT2D eigenvalue weighted by Gasteiger charge is -2.09. The van der Waals surface area contributed by atoms with Gasteiger partial charge in [-0.1, -0.05) is 12.1 Å². The molecule has 4 heteroatoms. The van der Waals surface area contributed by atoms with Gasteiger partial charge in [-0.15, -0.1) is 0 Å². The molecule has 0 aliphatic carbocycles. The van der Waals surface area contributed by atoms with Crippen molar-refractivity contribution in [2.24, 2.45) is 0 Å². The Labute approximate surface area is 108 Å². The highest BCUT2D eigenvalue weighted by Gasteiger charge is 2.01. The second-order valence-electron chi connectivity index (χ2n) is 4.13. The van der Waals surface area contributed by atoms with E-state index in [1.807, 2.05) is 23.0 Å². The molecule has 0 radical (unpaired) electrons. The van der Waals surface area contributed by atoms with E-state index in [2.05, 4.69) is 35.5 Å². The normalized spacial score (nSPS) is 10.6. The van der Waals surface area contributed by atoms with Crippen LogP contribution < -0.4 is 5.32 Å². The molecular weight excluding hydrogens is 226 g/mol. The summed E-state index contributed by atoms with van der Waals surface area (Å²) in [6.07, 6.45) is 1.84. The van der Waals surface area contributed by atoms with Gasteiger partial charge < -0.3 is 10.1 Å². The van der Waals surface area contributed by atoms with Crippen molar-refractivity contribution in [2.45, 2.75) is 26.6 Å². The van der Waals surface area contributed by atoms with Crippen LogP contribution in [0.4, 0.5) is 5.69 Å². The third kappa shape index (κ3) is 3.11. The van der Waals surface area contributed by atoms with Crippen LogP contribution in [0.3, 0.4) is 0 Å². The molecule has 0 unspecified atom stereocenters. The molecule has 96 valence electrons. The SMILES string of the molecule is CCn1nccc1CNc1cccc(COC)c1. The first-order valence-corrected chi connectivity index (χ1v) is 6.16. The number of hydrogen-bond donors (Lipinski definition) is 1. The smallest absolute Gasteiger partial charge is 0.0713 e. The molecule has 0 amide bonds. The number of methoxy groups -OCH3 is 1. The zero-order chi connectivity index (χ0) is 12.8. The Morgan fingerprint density at radius 1 is 1.33 bits per heavy atom. The number of anilines is 1. The molecule has 0 aliphatic rings. The lowest BCUT2D eigenvalue weighted by atomic mass is 10.2. The molecule has 1 aromatic carbocycles. The fourth-order valence-corrected chi connectivity index (χ4v) is 1.93. The minimum absolute atomic E-state index is 0.641. The predicted molar refractivity (Wildman–Crippen MR) is 72.4 cm³/mol. The van der Waals surface area contributed by atoms with Crippen LogP contribution in [-0.2, 0) is 24.4 Å². The van der Waals surface area contributed by atoms with Gasteiger partial charge in [0.15, 0.2) is 0 Å². The summed E-state index contributed by atoms with van der Waals surface area (Å²) in [4.78, 5) is 0. The van der Waals surface area contributed by atoms with E-state index in [9.17, 15) is 0 Å². The molecule has 1 aromatic heterocycles. The van der Waals surface area contributed by atoms with Crippen LogP contribution >= 0.6 is 0 Å². The molecule has 2 rings (SSSR count). The molecule has 0 saturated heterocycles. The number of ether oxygens (including phenoxy) is 1. The first-order valence-electron chi connectivity index (χ1n) is 6.16. The van der Waals surface area contributed by atoms with Gasteiger partial charge in [0.25, 0.3) is 0 Å². The maximum Gasteiger partial charge on any atom is 0.0713 e. The summed E-state index contributed by atoms with van der Waals surface area (Å²) in [5.74, 6) is 0. The van der Waals surface area contributed by atoms with Gasteiger partial charge >= 0.3 is 0 Å². The van der Waals surface area contributed by atoms with Crippen molar-refractivity contribution in [3.05, 3.63) is 47.8 Å². The van der Waals surface area contributed by atoms with Gasteiger partial charge in [0.05, 0.1) is 18.8 Å². The topological polar surface area (TPSA) is 39.1 Å². The van der Waals surface area contributed by atoms with Crippen LogP contribution in [0, 0.1) is 0 Å². The molecule has 4 nitrogen and oxygen atoms in total. The minimum atomic E-state index is 0.641. The van der Waals surface area contributed by atoms with E-state index in [0.717, 1.165) is 18.8 Å². The van der Waals surface area contributed by atoms with Crippen LogP contribution in [0.2, 0.25) is 0 Å². The Hall–Kier alpha value is -1.81. The Bertz CT molecular complexity index is 493. The summed E-state index contributed by atoms with van der Waals surface area (Å²) in [6, 6.07) is 10.3. The highest BCUT2D eigenvalue weighted by Crippen LogP contribution is 2.12. The van der Waals surface area contributed by atoms with Crippen LogP contribution in [0.25, 0.3) is 0 Å². The van der Waals surface area contributed by atoms with Crippen molar-refractivity contribution < 1.29 is 4.74 Å². The zero-order valence-electron chi connectivity index (χ0n) is 10.9. The van der Waals surface area contributed by atoms with Crippen LogP contribution in [-0.4, -0.2) is 16.9 Å². The second kappa shape index (κ2) is 6.21. The van der Waals surface area contributed by atoms with E-state index in [4.69, 9.17) is 4.74 Å². The summed E-state index contributed by atoms with van der Waals surface area (Å²) >= 11 is 0. The van der Waals surface area contributed by atoms with E-state index in [1.165, 1.54) is 11.3 Å². The molecule has 1 heterocycles. The average Bonchev–Trinajstić information content (AvgIpc) is 2.84. The van der Waals surface area contributed by atoms with Gasteiger partial charge in [0.1, 0.15) is 0 Å². The summed E-state index contributed by atoms with van der Waals surface area (Å²) in [7, 11) is 1.71. The molecule has 0 fully saturated rings. The van der Waals surface area contributed by atoms with E-state index in [1.54, 1.807) is 7.11 Å². The number of aryl methyl sites for hydroxylation is 1. The van der Waals surface area contributed by atoms with Crippen molar-refractivity contribution in [1.29, 1.82) is 0 Å². The zero-order valence-corrected chi connectivity index (χ0v) is 10.9. The third-order valence-electron chi connectivity index (χ3n) is 2.82. The average molecular weight is 245 g/mol.